The fourth-order valence-corrected chi connectivity index (χ4v) is 11.2. The van der Waals surface area contributed by atoms with E-state index >= 15 is 0 Å². The van der Waals surface area contributed by atoms with Crippen LogP contribution in [0.25, 0.3) is 22.3 Å². The van der Waals surface area contributed by atoms with E-state index in [9.17, 15) is 77.4 Å². The third-order valence-electron chi connectivity index (χ3n) is 11.7. The lowest BCUT2D eigenvalue weighted by Gasteiger charge is -2.20. The number of nitrogens with two attached hydrogens (primary N) is 3. The first-order valence-corrected chi connectivity index (χ1v) is 31.5. The third kappa shape index (κ3) is 18.3. The predicted octanol–water partition coefficient (Wildman–Crippen LogP) is -5.79. The number of nitrogens with zero attached hydrogens (tertiary/aromatic N) is 10. The molecule has 41 nitrogen and oxygen atoms in total. The lowest BCUT2D eigenvalue weighted by molar-refractivity contribution is -0.224. The van der Waals surface area contributed by atoms with Gasteiger partial charge in [0.2, 0.25) is 5.95 Å². The largest absolute Gasteiger partial charge is 0.756 e. The number of aliphatic hydroxyl groups is 4. The predicted molar refractivity (Wildman–Crippen MR) is 295 cm³/mol. The van der Waals surface area contributed by atoms with Gasteiger partial charge in [-0.3, -0.25) is 56.1 Å². The SMILES string of the molecule is Nc1nc2c(ncn2[C@H]2CC(O)[C@@H](COP(=O)([O-])O)O2)c(=O)[nH]1.[2H]C([2H])([2H])[13C@@]1([2H])[13C]([2H])(O)[13C@@H](COP(=O)([O-])O)S[13C@@]1([2H])n1ccc(N)nc1=O.[2H]C([2H])[C@H]1C(O)[C@@H](COP(=O)([O-])O)O[C@H]1n1cnc2c(N)ncnc21.[2H][13C]1(O)[13C]([2H])([2H])[13C@]([2H])(n2cc(C)c(=O)[nH]c2=O)S[13C@]1([2H])COP(=O)([O-])O. The molecule has 4 saturated heterocycles. The molecule has 47 heteroatoms. The van der Waals surface area contributed by atoms with Crippen LogP contribution in [0, 0.1) is 18.7 Å². The molecule has 0 spiro atoms. The zero-order valence-corrected chi connectivity index (χ0v) is 49.1. The highest BCUT2D eigenvalue weighted by Crippen LogP contribution is 2.47. The minimum absolute atomic E-state index is 0.0522. The number of aromatic amines is 2. The van der Waals surface area contributed by atoms with Gasteiger partial charge in [0.05, 0.1) is 90.1 Å². The number of imidazole rings is 2. The normalized spacial score (nSPS) is 37.5. The molecule has 10 rings (SSSR count). The molecule has 6 aromatic heterocycles. The molecule has 4 aliphatic heterocycles. The van der Waals surface area contributed by atoms with Gasteiger partial charge < -0.3 is 104 Å². The molecule has 0 aliphatic carbocycles. The van der Waals surface area contributed by atoms with Gasteiger partial charge in [-0.15, -0.1) is 23.5 Å². The summed E-state index contributed by atoms with van der Waals surface area (Å²) in [6.07, 6.45) is -10.8. The van der Waals surface area contributed by atoms with Gasteiger partial charge >= 0.3 is 11.4 Å². The van der Waals surface area contributed by atoms with E-state index in [-0.39, 0.29) is 75.4 Å². The fourth-order valence-electron chi connectivity index (χ4n) is 7.71. The maximum atomic E-state index is 12.1. The number of H-pyrrole nitrogens is 2. The Morgan fingerprint density at radius 3 is 2.03 bits per heavy atom. The second-order valence-corrected chi connectivity index (χ2v) is 24.9. The summed E-state index contributed by atoms with van der Waals surface area (Å²) < 4.78 is 177. The molecule has 4 aliphatic rings. The minimum atomic E-state index is -5.37. The first-order valence-electron chi connectivity index (χ1n) is 30.5. The number of thioether (sulfide) groups is 2. The fraction of sp³-hybridized carbons (Fsp3) is 0.561. The molecular weight excluding hydrogens is 1310 g/mol. The molecule has 0 saturated carbocycles. The van der Waals surface area contributed by atoms with Gasteiger partial charge in [-0.2, -0.15) is 9.97 Å². The average Bonchev–Trinajstić information content (AvgIpc) is 1.54. The van der Waals surface area contributed by atoms with Crippen molar-refractivity contribution in [1.29, 1.82) is 0 Å². The summed E-state index contributed by atoms with van der Waals surface area (Å²) in [5, 5.41) is 30.7. The summed E-state index contributed by atoms with van der Waals surface area (Å²) in [4.78, 5) is 152. The van der Waals surface area contributed by atoms with E-state index in [1.807, 2.05) is 4.98 Å². The van der Waals surface area contributed by atoms with Crippen LogP contribution in [0.1, 0.15) is 73.1 Å². The number of ether oxygens (including phenoxy) is 2. The maximum Gasteiger partial charge on any atom is 0.350 e. The summed E-state index contributed by atoms with van der Waals surface area (Å²) in [5.74, 6) is -4.63. The third-order valence-corrected chi connectivity index (χ3v) is 15.9. The minimum Gasteiger partial charge on any atom is -0.756 e. The highest BCUT2D eigenvalue weighted by molar-refractivity contribution is 8.00. The Bertz CT molecular complexity index is 4510. The zero-order chi connectivity index (χ0) is 76.5. The molecule has 4 fully saturated rings. The second kappa shape index (κ2) is 28.5. The molecule has 88 heavy (non-hydrogen) atoms. The molecule has 6 aromatic rings. The van der Waals surface area contributed by atoms with Crippen LogP contribution >= 0.6 is 54.8 Å². The Hall–Kier alpha value is -5.24. The Morgan fingerprint density at radius 1 is 0.773 bits per heavy atom. The van der Waals surface area contributed by atoms with Crippen LogP contribution in [0.3, 0.4) is 0 Å². The molecule has 18 atom stereocenters. The highest BCUT2D eigenvalue weighted by Gasteiger charge is 2.44. The van der Waals surface area contributed by atoms with E-state index in [0.29, 0.717) is 9.13 Å². The highest BCUT2D eigenvalue weighted by atomic mass is 32.2. The monoisotopic (exact) mass is 1380 g/mol. The van der Waals surface area contributed by atoms with Crippen molar-refractivity contribution >= 4 is 94.7 Å². The van der Waals surface area contributed by atoms with E-state index < -0.39 is 182 Å². The van der Waals surface area contributed by atoms with Crippen molar-refractivity contribution in [3.8, 4) is 0 Å². The molecule has 16 N–H and O–H groups in total. The number of anilines is 3. The van der Waals surface area contributed by atoms with Gasteiger partial charge in [-0.1, -0.05) is 13.7 Å². The number of fused-ring (bicyclic) bond motifs is 2. The van der Waals surface area contributed by atoms with Crippen LogP contribution in [-0.4, -0.2) is 172 Å². The Kier molecular flexibility index (Phi) is 17.3. The number of hydrogen-bond donors (Lipinski definition) is 13. The van der Waals surface area contributed by atoms with Crippen molar-refractivity contribution in [3.63, 3.8) is 0 Å². The number of aliphatic hydroxyl groups excluding tert-OH is 2. The van der Waals surface area contributed by atoms with Crippen molar-refractivity contribution in [2.24, 2.45) is 11.8 Å². The Morgan fingerprint density at radius 2 is 1.40 bits per heavy atom. The number of rotatable bonds is 16. The molecule has 0 aromatic carbocycles. The van der Waals surface area contributed by atoms with Crippen LogP contribution < -0.4 is 59.3 Å². The molecule has 488 valence electrons. The summed E-state index contributed by atoms with van der Waals surface area (Å²) >= 11 is 0.0526. The zero-order valence-electron chi connectivity index (χ0n) is 56.9. The number of aryl methyl sites for hydroxylation is 1. The smallest absolute Gasteiger partial charge is 0.350 e. The van der Waals surface area contributed by atoms with Crippen LogP contribution in [0.15, 0.2) is 56.6 Å². The standard InChI is InChI=1S/C11H16N5O6P.C10H14N5O7P.C10H16N3O6PS.C10H15N2O7PS/c1-5-8(17)6(2-21-23(18,19)20)22-11(5)16-4-15-7-9(12)13-3-14-10(7)16;11-10-13-8-7(9(17)14-10)12-3-15(8)6-1-4(16)5(22-6)2-21-23(18,19)20;1-5-8(14)6(4-19-20(16,17)18)21-9(5)13-3-2-7(11)12-10(13)15;1-5-3-12(10(15)11-9(5)14)8-2-6(13)7(21-8)4-19-20(16,17)18/h3-6,8,11,17H,2H2,1H3,(H2,12,13,14)(H2,18,19,20);3-6,16H,1-2H2,(H2,18,19,20)(H3,11,13,14,17);2-3,5-6,8-9,14H,4H2,1H3,(H2,11,12,15)(H2,16,17,18);3,6-8,13H,2,4H2,1H3,(H,11,14,15)(H2,16,17,18)/p-4/t5-,6+,8?,11+;4?,5-,6-;5-,6+,8?,9+;6?,7-,8-/m0101/s1/i1D2;;1D3,5+1D,6+1,8+1D,9+1D;2+1D2,6+1D,7+1D,8+1D. The van der Waals surface area contributed by atoms with Crippen molar-refractivity contribution in [2.75, 3.05) is 43.6 Å². The van der Waals surface area contributed by atoms with Crippen LogP contribution in [0.4, 0.5) is 17.6 Å². The molecule has 0 bridgehead atoms. The van der Waals surface area contributed by atoms with Gasteiger partial charge in [-0.25, -0.2) is 29.5 Å². The van der Waals surface area contributed by atoms with Gasteiger partial charge in [0.1, 0.15) is 42.3 Å². The summed E-state index contributed by atoms with van der Waals surface area (Å²) in [5.41, 5.74) is 13.5. The number of aromatic nitrogens is 12. The van der Waals surface area contributed by atoms with Gasteiger partial charge in [-0.05, 0) is 13.0 Å². The van der Waals surface area contributed by atoms with Gasteiger partial charge in [0, 0.05) is 54.9 Å². The van der Waals surface area contributed by atoms with E-state index in [1.165, 1.54) is 35.0 Å². The summed E-state index contributed by atoms with van der Waals surface area (Å²) in [7, 11) is -20.6. The number of nitrogen functional groups attached to an aromatic ring is 3. The van der Waals surface area contributed by atoms with Gasteiger partial charge in [0.25, 0.3) is 42.4 Å². The van der Waals surface area contributed by atoms with E-state index in [4.69, 9.17) is 64.1 Å². The number of nitrogens with one attached hydrogen (secondary N) is 2. The van der Waals surface area contributed by atoms with Gasteiger partial charge in [0.15, 0.2) is 22.6 Å². The van der Waals surface area contributed by atoms with Crippen molar-refractivity contribution in [1.82, 2.24) is 58.1 Å². The lowest BCUT2D eigenvalue weighted by atomic mass is 10.0. The average molecular weight is 1390 g/mol. The number of hydrogen-bond acceptors (Lipinski definition) is 33. The van der Waals surface area contributed by atoms with Crippen molar-refractivity contribution in [2.45, 2.75) is 104 Å². The summed E-state index contributed by atoms with van der Waals surface area (Å²) in [6.45, 7) is -7.41. The van der Waals surface area contributed by atoms with Crippen molar-refractivity contribution in [3.05, 3.63) is 84.7 Å². The molecule has 8 unspecified atom stereocenters. The van der Waals surface area contributed by atoms with E-state index in [2.05, 4.69) is 53.0 Å². The lowest BCUT2D eigenvalue weighted by Crippen LogP contribution is -2.32. The van der Waals surface area contributed by atoms with E-state index in [0.717, 1.165) is 18.5 Å². The topological polar surface area (TPSA) is 653 Å². The van der Waals surface area contributed by atoms with Crippen LogP contribution in [0.2, 0.25) is 0 Å². The second-order valence-electron chi connectivity index (χ2n) is 17.9. The number of phosphoric acid groups is 4. The first-order chi connectivity index (χ1) is 45.9. The quantitative estimate of drug-likeness (QED) is 0.0317. The first kappa shape index (κ1) is 53.4. The Balaban J connectivity index is 0.000000189. The Labute approximate surface area is 518 Å². The molecule has 0 amide bonds. The van der Waals surface area contributed by atoms with Crippen LogP contribution in [-0.2, 0) is 45.8 Å². The maximum absolute atomic E-state index is 12.1. The molecule has 0 radical (unpaired) electrons. The van der Waals surface area contributed by atoms with Crippen molar-refractivity contribution < 1.29 is 123 Å². The molecule has 10 heterocycles. The molecular formula is C41H57N15O26P4S2-4. The summed E-state index contributed by atoms with van der Waals surface area (Å²) in [6, 6.07) is 1.05. The van der Waals surface area contributed by atoms with Crippen LogP contribution in [0.5, 0.6) is 0 Å². The van der Waals surface area contributed by atoms with E-state index in [1.54, 1.807) is 0 Å². The number of phosphoric ester groups is 4.